The van der Waals surface area contributed by atoms with Crippen LogP contribution < -0.4 is 0 Å². The molecule has 142 valence electrons. The number of nitrogens with zero attached hydrogens (tertiary/aromatic N) is 3. The molecule has 0 bridgehead atoms. The van der Waals surface area contributed by atoms with Crippen molar-refractivity contribution in [3.8, 4) is 0 Å². The number of aromatic nitrogens is 1. The number of carbonyl (C=O) groups excluding carboxylic acids is 2. The third-order valence-corrected chi connectivity index (χ3v) is 5.31. The van der Waals surface area contributed by atoms with Crippen molar-refractivity contribution in [2.24, 2.45) is 5.92 Å². The van der Waals surface area contributed by atoms with Gasteiger partial charge in [0.1, 0.15) is 5.69 Å². The van der Waals surface area contributed by atoms with Crippen molar-refractivity contribution >= 4 is 23.4 Å². The van der Waals surface area contributed by atoms with Gasteiger partial charge in [-0.2, -0.15) is 0 Å². The Kier molecular flexibility index (Phi) is 5.82. The van der Waals surface area contributed by atoms with Gasteiger partial charge in [0.15, 0.2) is 0 Å². The van der Waals surface area contributed by atoms with Crippen molar-refractivity contribution in [2.45, 2.75) is 38.7 Å². The molecule has 3 heterocycles. The van der Waals surface area contributed by atoms with Gasteiger partial charge >= 0.3 is 0 Å². The molecule has 0 N–H and O–H groups in total. The molecule has 2 aliphatic rings. The Morgan fingerprint density at radius 3 is 2.65 bits per heavy atom. The number of carbonyl (C=O) groups is 2. The summed E-state index contributed by atoms with van der Waals surface area (Å²) in [7, 11) is 0. The zero-order valence-corrected chi connectivity index (χ0v) is 16.2. The van der Waals surface area contributed by atoms with Gasteiger partial charge < -0.3 is 14.5 Å². The fourth-order valence-corrected chi connectivity index (χ4v) is 3.78. The Morgan fingerprint density at radius 2 is 2.04 bits per heavy atom. The fourth-order valence-electron chi connectivity index (χ4n) is 3.67. The van der Waals surface area contributed by atoms with Gasteiger partial charge in [0, 0.05) is 32.4 Å². The smallest absolute Gasteiger partial charge is 0.272 e. The zero-order chi connectivity index (χ0) is 18.7. The van der Waals surface area contributed by atoms with E-state index in [1.165, 1.54) is 6.20 Å². The van der Waals surface area contributed by atoms with Crippen molar-refractivity contribution in [2.75, 3.05) is 32.8 Å². The molecule has 26 heavy (non-hydrogen) atoms. The van der Waals surface area contributed by atoms with Crippen LogP contribution in [0, 0.1) is 5.92 Å². The molecule has 0 aliphatic carbocycles. The molecule has 3 rings (SSSR count). The average Bonchev–Trinajstić information content (AvgIpc) is 2.75. The highest BCUT2D eigenvalue weighted by molar-refractivity contribution is 6.30. The SMILES string of the molecule is CC(C)CN1CCOC2(CCN(C(=O)c3ccc(Cl)cn3)CC2)CC1=O. The number of halogens is 1. The van der Waals surface area contributed by atoms with E-state index < -0.39 is 5.60 Å². The molecule has 0 saturated carbocycles. The molecule has 6 nitrogen and oxygen atoms in total. The van der Waals surface area contributed by atoms with Crippen molar-refractivity contribution in [1.29, 1.82) is 0 Å². The number of rotatable bonds is 3. The first kappa shape index (κ1) is 19.1. The van der Waals surface area contributed by atoms with Crippen LogP contribution in [-0.4, -0.2) is 65.0 Å². The Labute approximate surface area is 159 Å². The van der Waals surface area contributed by atoms with Crippen molar-refractivity contribution < 1.29 is 14.3 Å². The topological polar surface area (TPSA) is 62.7 Å². The highest BCUT2D eigenvalue weighted by atomic mass is 35.5. The summed E-state index contributed by atoms with van der Waals surface area (Å²) in [4.78, 5) is 33.0. The molecule has 2 saturated heterocycles. The standard InChI is InChI=1S/C19H26ClN3O3/c1-14(2)13-23-9-10-26-19(11-17(23)24)5-7-22(8-6-19)18(25)16-4-3-15(20)12-21-16/h3-4,12,14H,5-11,13H2,1-2H3. The van der Waals surface area contributed by atoms with Crippen LogP contribution in [0.1, 0.15) is 43.6 Å². The molecule has 2 amide bonds. The summed E-state index contributed by atoms with van der Waals surface area (Å²) in [5.74, 6) is 0.507. The zero-order valence-electron chi connectivity index (χ0n) is 15.4. The van der Waals surface area contributed by atoms with Crippen molar-refractivity contribution in [3.63, 3.8) is 0 Å². The summed E-state index contributed by atoms with van der Waals surface area (Å²) in [5.41, 5.74) is -0.0427. The first-order valence-corrected chi connectivity index (χ1v) is 9.59. The van der Waals surface area contributed by atoms with Crippen LogP contribution in [-0.2, 0) is 9.53 Å². The Bertz CT molecular complexity index is 654. The van der Waals surface area contributed by atoms with Crippen LogP contribution in [0.3, 0.4) is 0 Å². The summed E-state index contributed by atoms with van der Waals surface area (Å²) in [5, 5.41) is 0.510. The van der Waals surface area contributed by atoms with Gasteiger partial charge in [-0.25, -0.2) is 4.98 Å². The first-order valence-electron chi connectivity index (χ1n) is 9.21. The number of ether oxygens (including phenoxy) is 1. The molecule has 1 spiro atoms. The van der Waals surface area contributed by atoms with Gasteiger partial charge in [-0.15, -0.1) is 0 Å². The van der Waals surface area contributed by atoms with E-state index in [0.29, 0.717) is 62.1 Å². The Morgan fingerprint density at radius 1 is 1.31 bits per heavy atom. The van der Waals surface area contributed by atoms with Gasteiger partial charge in [0.2, 0.25) is 5.91 Å². The molecule has 0 radical (unpaired) electrons. The van der Waals surface area contributed by atoms with Crippen LogP contribution in [0.25, 0.3) is 0 Å². The minimum Gasteiger partial charge on any atom is -0.372 e. The normalized spacial score (nSPS) is 20.5. The second kappa shape index (κ2) is 7.92. The van der Waals surface area contributed by atoms with E-state index in [-0.39, 0.29) is 11.8 Å². The van der Waals surface area contributed by atoms with Crippen molar-refractivity contribution in [3.05, 3.63) is 29.0 Å². The van der Waals surface area contributed by atoms with Gasteiger partial charge in [-0.3, -0.25) is 9.59 Å². The number of likely N-dealkylation sites (tertiary alicyclic amines) is 1. The Hall–Kier alpha value is -1.66. The van der Waals surface area contributed by atoms with E-state index >= 15 is 0 Å². The minimum atomic E-state index is -0.437. The molecule has 2 fully saturated rings. The van der Waals surface area contributed by atoms with Crippen LogP contribution in [0.2, 0.25) is 5.02 Å². The third kappa shape index (κ3) is 4.35. The third-order valence-electron chi connectivity index (χ3n) is 5.09. The monoisotopic (exact) mass is 379 g/mol. The second-order valence-electron chi connectivity index (χ2n) is 7.60. The lowest BCUT2D eigenvalue weighted by molar-refractivity contribution is -0.135. The van der Waals surface area contributed by atoms with E-state index in [1.807, 2.05) is 4.90 Å². The molecule has 1 aromatic heterocycles. The molecular weight excluding hydrogens is 354 g/mol. The van der Waals surface area contributed by atoms with Gasteiger partial charge in [0.25, 0.3) is 5.91 Å². The highest BCUT2D eigenvalue weighted by Crippen LogP contribution is 2.33. The van der Waals surface area contributed by atoms with Gasteiger partial charge in [0.05, 0.1) is 23.7 Å². The fraction of sp³-hybridized carbons (Fsp3) is 0.632. The Balaban J connectivity index is 1.61. The summed E-state index contributed by atoms with van der Waals surface area (Å²) >= 11 is 5.83. The van der Waals surface area contributed by atoms with Crippen molar-refractivity contribution in [1.82, 2.24) is 14.8 Å². The van der Waals surface area contributed by atoms with Crippen LogP contribution in [0.4, 0.5) is 0 Å². The predicted molar refractivity (Wildman–Crippen MR) is 99.1 cm³/mol. The lowest BCUT2D eigenvalue weighted by Gasteiger charge is -2.40. The lowest BCUT2D eigenvalue weighted by Crippen LogP contribution is -2.49. The van der Waals surface area contributed by atoms with E-state index in [4.69, 9.17) is 16.3 Å². The predicted octanol–water partition coefficient (Wildman–Crippen LogP) is 2.61. The van der Waals surface area contributed by atoms with E-state index in [9.17, 15) is 9.59 Å². The number of hydrogen-bond donors (Lipinski definition) is 0. The molecule has 0 unspecified atom stereocenters. The minimum absolute atomic E-state index is 0.0992. The van der Waals surface area contributed by atoms with E-state index in [0.717, 1.165) is 6.54 Å². The second-order valence-corrected chi connectivity index (χ2v) is 8.03. The molecule has 1 aromatic rings. The van der Waals surface area contributed by atoms with Crippen LogP contribution in [0.5, 0.6) is 0 Å². The van der Waals surface area contributed by atoms with Crippen LogP contribution >= 0.6 is 11.6 Å². The maximum absolute atomic E-state index is 12.6. The molecule has 0 atom stereocenters. The number of pyridine rings is 1. The van der Waals surface area contributed by atoms with E-state index in [1.54, 1.807) is 17.0 Å². The van der Waals surface area contributed by atoms with Crippen LogP contribution in [0.15, 0.2) is 18.3 Å². The largest absolute Gasteiger partial charge is 0.372 e. The quantitative estimate of drug-likeness (QED) is 0.809. The lowest BCUT2D eigenvalue weighted by atomic mass is 9.87. The van der Waals surface area contributed by atoms with Gasteiger partial charge in [-0.05, 0) is 30.9 Å². The average molecular weight is 380 g/mol. The number of hydrogen-bond acceptors (Lipinski definition) is 4. The van der Waals surface area contributed by atoms with Gasteiger partial charge in [-0.1, -0.05) is 25.4 Å². The maximum atomic E-state index is 12.6. The molecule has 0 aromatic carbocycles. The first-order chi connectivity index (χ1) is 12.4. The number of piperidine rings is 1. The highest BCUT2D eigenvalue weighted by Gasteiger charge is 2.41. The molecular formula is C19H26ClN3O3. The molecule has 7 heteroatoms. The summed E-state index contributed by atoms with van der Waals surface area (Å²) < 4.78 is 6.13. The summed E-state index contributed by atoms with van der Waals surface area (Å²) in [6.07, 6.45) is 3.23. The summed E-state index contributed by atoms with van der Waals surface area (Å²) in [6.45, 7) is 7.35. The summed E-state index contributed by atoms with van der Waals surface area (Å²) in [6, 6.07) is 3.31. The molecule has 2 aliphatic heterocycles. The van der Waals surface area contributed by atoms with E-state index in [2.05, 4.69) is 18.8 Å². The maximum Gasteiger partial charge on any atom is 0.272 e. The number of amides is 2.